The van der Waals surface area contributed by atoms with Crippen molar-refractivity contribution >= 4 is 17.7 Å². The average Bonchev–Trinajstić information content (AvgIpc) is 3.36. The molecule has 1 atom stereocenters. The van der Waals surface area contributed by atoms with Crippen LogP contribution in [-0.4, -0.2) is 51.4 Å². The molecular weight excluding hydrogens is 379 g/mol. The number of aromatic nitrogens is 4. The van der Waals surface area contributed by atoms with E-state index in [4.69, 9.17) is 4.74 Å². The van der Waals surface area contributed by atoms with Crippen LogP contribution in [-0.2, 0) is 9.53 Å². The van der Waals surface area contributed by atoms with Crippen LogP contribution in [0.25, 0.3) is 16.8 Å². The highest BCUT2D eigenvalue weighted by Crippen LogP contribution is 2.29. The third-order valence-electron chi connectivity index (χ3n) is 4.51. The van der Waals surface area contributed by atoms with Crippen LogP contribution in [0.2, 0.25) is 0 Å². The third-order valence-corrected chi connectivity index (χ3v) is 4.51. The number of tetrazole rings is 1. The van der Waals surface area contributed by atoms with Gasteiger partial charge in [-0.25, -0.2) is 13.9 Å². The minimum absolute atomic E-state index is 0.207. The number of carbonyl (C=O) groups is 2. The number of nitrogens with zero attached hydrogens (tertiary/aromatic N) is 5. The molecule has 4 rings (SSSR count). The highest BCUT2D eigenvalue weighted by Gasteiger charge is 2.32. The first-order valence-corrected chi connectivity index (χ1v) is 8.87. The van der Waals surface area contributed by atoms with Crippen LogP contribution < -0.4 is 10.2 Å². The maximum absolute atomic E-state index is 14.8. The topological polar surface area (TPSA) is 102 Å². The summed E-state index contributed by atoms with van der Waals surface area (Å²) in [5.74, 6) is -0.670. The summed E-state index contributed by atoms with van der Waals surface area (Å²) in [6.07, 6.45) is 0.421. The molecule has 2 amide bonds. The number of rotatable bonds is 5. The quantitative estimate of drug-likeness (QED) is 0.707. The summed E-state index contributed by atoms with van der Waals surface area (Å²) in [7, 11) is 0. The Morgan fingerprint density at radius 2 is 2.00 bits per heavy atom. The van der Waals surface area contributed by atoms with Crippen molar-refractivity contribution in [2.24, 2.45) is 0 Å². The summed E-state index contributed by atoms with van der Waals surface area (Å²) in [5, 5.41) is 13.6. The molecular formula is C19H17FN6O3. The number of amides is 2. The van der Waals surface area contributed by atoms with Crippen molar-refractivity contribution in [2.45, 2.75) is 13.0 Å². The zero-order valence-electron chi connectivity index (χ0n) is 15.4. The standard InChI is InChI=1S/C19H17FN6O3/c1-12(27)21-9-16-10-25(19(28)29-16)15-6-7-17(18(20)8-15)13-2-4-14(5-3-13)26-11-22-23-24-26/h2-8,11,16H,9-10H2,1H3,(H,21,27). The molecule has 2 heterocycles. The molecule has 0 aliphatic carbocycles. The van der Waals surface area contributed by atoms with Crippen molar-refractivity contribution in [3.8, 4) is 16.8 Å². The molecule has 2 aromatic carbocycles. The molecule has 0 spiro atoms. The lowest BCUT2D eigenvalue weighted by Crippen LogP contribution is -2.33. The fourth-order valence-corrected chi connectivity index (χ4v) is 3.08. The number of cyclic esters (lactones) is 1. The van der Waals surface area contributed by atoms with Crippen molar-refractivity contribution in [1.82, 2.24) is 25.5 Å². The maximum Gasteiger partial charge on any atom is 0.414 e. The summed E-state index contributed by atoms with van der Waals surface area (Å²) >= 11 is 0. The summed E-state index contributed by atoms with van der Waals surface area (Å²) in [5.41, 5.74) is 2.23. The Labute approximate surface area is 165 Å². The predicted octanol–water partition coefficient (Wildman–Crippen LogP) is 1.93. The monoisotopic (exact) mass is 396 g/mol. The Morgan fingerprint density at radius 3 is 2.66 bits per heavy atom. The molecule has 0 radical (unpaired) electrons. The minimum atomic E-state index is -0.571. The fourth-order valence-electron chi connectivity index (χ4n) is 3.08. The molecule has 1 N–H and O–H groups in total. The predicted molar refractivity (Wildman–Crippen MR) is 101 cm³/mol. The molecule has 1 fully saturated rings. The van der Waals surface area contributed by atoms with E-state index in [0.29, 0.717) is 16.8 Å². The molecule has 1 saturated heterocycles. The largest absolute Gasteiger partial charge is 0.442 e. The first-order valence-electron chi connectivity index (χ1n) is 8.87. The van der Waals surface area contributed by atoms with Gasteiger partial charge in [0.2, 0.25) is 5.91 Å². The molecule has 1 aliphatic rings. The molecule has 1 unspecified atom stereocenters. The smallest absolute Gasteiger partial charge is 0.414 e. The lowest BCUT2D eigenvalue weighted by Gasteiger charge is -2.14. The summed E-state index contributed by atoms with van der Waals surface area (Å²) in [4.78, 5) is 24.5. The van der Waals surface area contributed by atoms with Crippen LogP contribution >= 0.6 is 0 Å². The number of nitrogens with one attached hydrogen (secondary N) is 1. The first kappa shape index (κ1) is 18.5. The van der Waals surface area contributed by atoms with Gasteiger partial charge in [0.25, 0.3) is 0 Å². The second kappa shape index (κ2) is 7.66. The van der Waals surface area contributed by atoms with E-state index in [1.165, 1.54) is 28.9 Å². The second-order valence-corrected chi connectivity index (χ2v) is 6.52. The summed E-state index contributed by atoms with van der Waals surface area (Å²) in [6, 6.07) is 11.7. The SMILES string of the molecule is CC(=O)NCC1CN(c2ccc(-c3ccc(-n4cnnn4)cc3)c(F)c2)C(=O)O1. The molecule has 0 bridgehead atoms. The van der Waals surface area contributed by atoms with E-state index < -0.39 is 18.0 Å². The zero-order chi connectivity index (χ0) is 20.4. The maximum atomic E-state index is 14.8. The van der Waals surface area contributed by atoms with Crippen LogP contribution in [0.1, 0.15) is 6.92 Å². The van der Waals surface area contributed by atoms with Gasteiger partial charge < -0.3 is 10.1 Å². The van der Waals surface area contributed by atoms with Gasteiger partial charge in [0.05, 0.1) is 24.5 Å². The van der Waals surface area contributed by atoms with Crippen molar-refractivity contribution in [2.75, 3.05) is 18.0 Å². The average molecular weight is 396 g/mol. The van der Waals surface area contributed by atoms with Crippen molar-refractivity contribution < 1.29 is 18.7 Å². The lowest BCUT2D eigenvalue weighted by molar-refractivity contribution is -0.119. The van der Waals surface area contributed by atoms with Crippen molar-refractivity contribution in [3.63, 3.8) is 0 Å². The molecule has 1 aromatic heterocycles. The molecule has 1 aliphatic heterocycles. The van der Waals surface area contributed by atoms with Gasteiger partial charge in [0.15, 0.2) is 0 Å². The molecule has 3 aromatic rings. The number of carbonyl (C=O) groups excluding carboxylic acids is 2. The van der Waals surface area contributed by atoms with Gasteiger partial charge in [-0.1, -0.05) is 12.1 Å². The Balaban J connectivity index is 1.51. The van der Waals surface area contributed by atoms with E-state index in [1.807, 2.05) is 0 Å². The molecule has 0 saturated carbocycles. The number of hydrogen-bond donors (Lipinski definition) is 1. The van der Waals surface area contributed by atoms with Gasteiger partial charge in [0, 0.05) is 12.5 Å². The van der Waals surface area contributed by atoms with Crippen molar-refractivity contribution in [1.29, 1.82) is 0 Å². The number of ether oxygens (including phenoxy) is 1. The number of hydrogen-bond acceptors (Lipinski definition) is 6. The summed E-state index contributed by atoms with van der Waals surface area (Å²) in [6.45, 7) is 1.84. The van der Waals surface area contributed by atoms with Crippen molar-refractivity contribution in [3.05, 3.63) is 54.6 Å². The summed E-state index contributed by atoms with van der Waals surface area (Å²) < 4.78 is 21.5. The van der Waals surface area contributed by atoms with Crippen LogP contribution in [0.15, 0.2) is 48.8 Å². The fraction of sp³-hybridized carbons (Fsp3) is 0.211. The molecule has 9 nitrogen and oxygen atoms in total. The number of anilines is 1. The van der Waals surface area contributed by atoms with Gasteiger partial charge in [0.1, 0.15) is 18.2 Å². The van der Waals surface area contributed by atoms with Gasteiger partial charge in [-0.05, 0) is 46.3 Å². The van der Waals surface area contributed by atoms with Gasteiger partial charge in [-0.2, -0.15) is 0 Å². The van der Waals surface area contributed by atoms with Gasteiger partial charge in [-0.15, -0.1) is 5.10 Å². The van der Waals surface area contributed by atoms with Gasteiger partial charge >= 0.3 is 6.09 Å². The van der Waals surface area contributed by atoms with Crippen LogP contribution in [0.3, 0.4) is 0 Å². The van der Waals surface area contributed by atoms with E-state index in [2.05, 4.69) is 20.8 Å². The first-order chi connectivity index (χ1) is 14.0. The Bertz CT molecular complexity index is 1040. The van der Waals surface area contributed by atoms with E-state index in [0.717, 1.165) is 5.69 Å². The van der Waals surface area contributed by atoms with E-state index >= 15 is 0 Å². The van der Waals surface area contributed by atoms with E-state index in [-0.39, 0.29) is 19.0 Å². The highest BCUT2D eigenvalue weighted by molar-refractivity contribution is 5.90. The Kier molecular flexibility index (Phi) is 4.90. The minimum Gasteiger partial charge on any atom is -0.442 e. The normalized spacial score (nSPS) is 16.0. The second-order valence-electron chi connectivity index (χ2n) is 6.52. The third kappa shape index (κ3) is 3.91. The molecule has 29 heavy (non-hydrogen) atoms. The van der Waals surface area contributed by atoms with Crippen LogP contribution in [0, 0.1) is 5.82 Å². The number of halogens is 1. The van der Waals surface area contributed by atoms with Crippen LogP contribution in [0.4, 0.5) is 14.9 Å². The zero-order valence-corrected chi connectivity index (χ0v) is 15.4. The van der Waals surface area contributed by atoms with Crippen LogP contribution in [0.5, 0.6) is 0 Å². The Morgan fingerprint density at radius 1 is 1.24 bits per heavy atom. The highest BCUT2D eigenvalue weighted by atomic mass is 19.1. The lowest BCUT2D eigenvalue weighted by atomic mass is 10.0. The Hall–Kier alpha value is -3.82. The van der Waals surface area contributed by atoms with E-state index in [9.17, 15) is 14.0 Å². The molecule has 10 heteroatoms. The number of benzene rings is 2. The van der Waals surface area contributed by atoms with E-state index in [1.54, 1.807) is 36.4 Å². The molecule has 148 valence electrons. The van der Waals surface area contributed by atoms with Gasteiger partial charge in [-0.3, -0.25) is 9.69 Å².